The Morgan fingerprint density at radius 3 is 2.20 bits per heavy atom. The minimum Gasteiger partial charge on any atom is -0.497 e. The van der Waals surface area contributed by atoms with Gasteiger partial charge in [0.1, 0.15) is 16.8 Å². The highest BCUT2D eigenvalue weighted by molar-refractivity contribution is 8.00. The number of nitrogens with zero attached hydrogens (tertiary/aromatic N) is 2. The van der Waals surface area contributed by atoms with Crippen molar-refractivity contribution in [1.82, 2.24) is 4.98 Å². The van der Waals surface area contributed by atoms with Crippen LogP contribution in [-0.2, 0) is 4.79 Å². The number of amides is 1. The van der Waals surface area contributed by atoms with Crippen LogP contribution in [-0.4, -0.2) is 23.8 Å². The molecule has 1 heterocycles. The van der Waals surface area contributed by atoms with E-state index < -0.39 is 0 Å². The van der Waals surface area contributed by atoms with Gasteiger partial charge >= 0.3 is 0 Å². The summed E-state index contributed by atoms with van der Waals surface area (Å²) in [5.41, 5.74) is 7.59. The highest BCUT2D eigenvalue weighted by Gasteiger charge is 2.18. The number of carbonyl (C=O) groups excluding carboxylic acids is 1. The van der Waals surface area contributed by atoms with E-state index in [1.165, 1.54) is 11.8 Å². The van der Waals surface area contributed by atoms with Gasteiger partial charge in [-0.05, 0) is 42.3 Å². The van der Waals surface area contributed by atoms with Gasteiger partial charge in [0.2, 0.25) is 5.91 Å². The molecule has 0 unspecified atom stereocenters. The molecule has 0 saturated carbocycles. The predicted octanol–water partition coefficient (Wildman–Crippen LogP) is 8.00. The number of ether oxygens (including phenoxy) is 1. The number of benzene rings is 4. The van der Waals surface area contributed by atoms with E-state index in [1.807, 2.05) is 116 Å². The fourth-order valence-corrected chi connectivity index (χ4v) is 5.19. The van der Waals surface area contributed by atoms with Crippen molar-refractivity contribution in [3.8, 4) is 45.3 Å². The Hall–Kier alpha value is -4.86. The number of anilines is 1. The van der Waals surface area contributed by atoms with Gasteiger partial charge in [-0.25, -0.2) is 4.98 Å². The molecule has 6 heteroatoms. The molecule has 0 atom stereocenters. The lowest BCUT2D eigenvalue weighted by Gasteiger charge is -2.14. The summed E-state index contributed by atoms with van der Waals surface area (Å²) in [5.74, 6) is 0.660. The van der Waals surface area contributed by atoms with Crippen molar-refractivity contribution in [1.29, 1.82) is 5.26 Å². The number of aryl methyl sites for hydroxylation is 1. The first kappa shape index (κ1) is 26.7. The summed E-state index contributed by atoms with van der Waals surface area (Å²) in [5, 5.41) is 13.7. The number of carbonyl (C=O) groups is 1. The molecule has 0 bridgehead atoms. The zero-order valence-corrected chi connectivity index (χ0v) is 23.0. The lowest BCUT2D eigenvalue weighted by Crippen LogP contribution is -2.15. The summed E-state index contributed by atoms with van der Waals surface area (Å²) >= 11 is 1.26. The Morgan fingerprint density at radius 2 is 1.50 bits per heavy atom. The molecule has 0 saturated heterocycles. The SMILES string of the molecule is COc1ccc(-c2cc(-c3ccc(C)cc3)nc(SCC(=O)Nc3ccccc3-c3ccccc3)c2C#N)cc1. The summed E-state index contributed by atoms with van der Waals surface area (Å²) < 4.78 is 5.31. The van der Waals surface area contributed by atoms with E-state index in [-0.39, 0.29) is 11.7 Å². The number of nitrogens with one attached hydrogen (secondary N) is 1. The highest BCUT2D eigenvalue weighted by atomic mass is 32.2. The largest absolute Gasteiger partial charge is 0.497 e. The molecule has 0 aliphatic carbocycles. The summed E-state index contributed by atoms with van der Waals surface area (Å²) in [7, 11) is 1.62. The predicted molar refractivity (Wildman–Crippen MR) is 162 cm³/mol. The monoisotopic (exact) mass is 541 g/mol. The summed E-state index contributed by atoms with van der Waals surface area (Å²) in [6, 6.07) is 37.6. The van der Waals surface area contributed by atoms with Gasteiger partial charge in [-0.3, -0.25) is 4.79 Å². The van der Waals surface area contributed by atoms with E-state index in [4.69, 9.17) is 9.72 Å². The second-order valence-electron chi connectivity index (χ2n) is 9.19. The molecule has 0 spiro atoms. The molecular formula is C34H27N3O2S. The molecule has 196 valence electrons. The molecule has 40 heavy (non-hydrogen) atoms. The molecule has 1 N–H and O–H groups in total. The van der Waals surface area contributed by atoms with Crippen LogP contribution >= 0.6 is 11.8 Å². The topological polar surface area (TPSA) is 75.0 Å². The summed E-state index contributed by atoms with van der Waals surface area (Å²) in [6.07, 6.45) is 0. The standard InChI is InChI=1S/C34H27N3O2S/c1-23-12-14-26(15-13-23)32-20-29(25-16-18-27(39-2)19-17-25)30(21-35)34(37-32)40-22-33(38)36-31-11-7-6-10-28(31)24-8-4-3-5-9-24/h3-20H,22H2,1-2H3,(H,36,38). The van der Waals surface area contributed by atoms with E-state index in [1.54, 1.807) is 7.11 Å². The maximum absolute atomic E-state index is 13.1. The zero-order chi connectivity index (χ0) is 27.9. The molecule has 5 aromatic rings. The van der Waals surface area contributed by atoms with Crippen molar-refractivity contribution in [2.24, 2.45) is 0 Å². The number of para-hydroxylation sites is 1. The van der Waals surface area contributed by atoms with E-state index in [2.05, 4.69) is 11.4 Å². The minimum atomic E-state index is -0.175. The van der Waals surface area contributed by atoms with Crippen LogP contribution in [0, 0.1) is 18.3 Å². The van der Waals surface area contributed by atoms with Crippen LogP contribution in [0.3, 0.4) is 0 Å². The lowest BCUT2D eigenvalue weighted by molar-refractivity contribution is -0.113. The average Bonchev–Trinajstić information content (AvgIpc) is 3.00. The Labute approximate surface area is 238 Å². The highest BCUT2D eigenvalue weighted by Crippen LogP contribution is 2.35. The molecule has 0 radical (unpaired) electrons. The molecular weight excluding hydrogens is 514 g/mol. The summed E-state index contributed by atoms with van der Waals surface area (Å²) in [6.45, 7) is 2.04. The first-order chi connectivity index (χ1) is 19.6. The molecule has 5 nitrogen and oxygen atoms in total. The van der Waals surface area contributed by atoms with E-state index in [0.717, 1.165) is 50.5 Å². The number of hydrogen-bond donors (Lipinski definition) is 1. The summed E-state index contributed by atoms with van der Waals surface area (Å²) in [4.78, 5) is 18.0. The molecule has 0 fully saturated rings. The molecule has 1 amide bonds. The molecule has 4 aromatic carbocycles. The zero-order valence-electron chi connectivity index (χ0n) is 22.2. The van der Waals surface area contributed by atoms with Gasteiger partial charge in [-0.1, -0.05) is 102 Å². The quantitative estimate of drug-likeness (QED) is 0.201. The Morgan fingerprint density at radius 1 is 0.850 bits per heavy atom. The van der Waals surface area contributed by atoms with Crippen LogP contribution in [0.5, 0.6) is 5.75 Å². The van der Waals surface area contributed by atoms with Crippen molar-refractivity contribution >= 4 is 23.4 Å². The van der Waals surface area contributed by atoms with Crippen molar-refractivity contribution in [2.75, 3.05) is 18.2 Å². The van der Waals surface area contributed by atoms with E-state index >= 15 is 0 Å². The first-order valence-corrected chi connectivity index (χ1v) is 13.8. The van der Waals surface area contributed by atoms with Crippen molar-refractivity contribution in [2.45, 2.75) is 11.9 Å². The van der Waals surface area contributed by atoms with Gasteiger partial charge in [0.05, 0.1) is 24.1 Å². The van der Waals surface area contributed by atoms with Crippen LogP contribution < -0.4 is 10.1 Å². The minimum absolute atomic E-state index is 0.101. The number of aromatic nitrogens is 1. The fraction of sp³-hybridized carbons (Fsp3) is 0.0882. The third kappa shape index (κ3) is 6.06. The second kappa shape index (κ2) is 12.3. The number of nitriles is 1. The molecule has 0 aliphatic rings. The Balaban J connectivity index is 1.46. The number of rotatable bonds is 8. The lowest BCUT2D eigenvalue weighted by atomic mass is 9.99. The molecule has 5 rings (SSSR count). The van der Waals surface area contributed by atoms with Gasteiger partial charge in [0.15, 0.2) is 0 Å². The van der Waals surface area contributed by atoms with Crippen LogP contribution in [0.4, 0.5) is 5.69 Å². The maximum Gasteiger partial charge on any atom is 0.234 e. The molecule has 1 aromatic heterocycles. The fourth-order valence-electron chi connectivity index (χ4n) is 4.39. The van der Waals surface area contributed by atoms with Crippen molar-refractivity contribution in [3.05, 3.63) is 120 Å². The average molecular weight is 542 g/mol. The smallest absolute Gasteiger partial charge is 0.234 e. The Kier molecular flexibility index (Phi) is 8.24. The third-order valence-electron chi connectivity index (χ3n) is 6.47. The van der Waals surface area contributed by atoms with E-state index in [9.17, 15) is 10.1 Å². The van der Waals surface area contributed by atoms with Gasteiger partial charge < -0.3 is 10.1 Å². The third-order valence-corrected chi connectivity index (χ3v) is 7.45. The molecule has 0 aliphatic heterocycles. The number of pyridine rings is 1. The van der Waals surface area contributed by atoms with Crippen molar-refractivity contribution in [3.63, 3.8) is 0 Å². The van der Waals surface area contributed by atoms with Crippen molar-refractivity contribution < 1.29 is 9.53 Å². The van der Waals surface area contributed by atoms with Crippen LogP contribution in [0.25, 0.3) is 33.5 Å². The number of methoxy groups -OCH3 is 1. The second-order valence-corrected chi connectivity index (χ2v) is 10.2. The number of thioether (sulfide) groups is 1. The van der Waals surface area contributed by atoms with Crippen LogP contribution in [0.2, 0.25) is 0 Å². The van der Waals surface area contributed by atoms with Gasteiger partial charge in [0.25, 0.3) is 0 Å². The van der Waals surface area contributed by atoms with Gasteiger partial charge in [0, 0.05) is 22.4 Å². The normalized spacial score (nSPS) is 10.5. The van der Waals surface area contributed by atoms with E-state index in [0.29, 0.717) is 10.6 Å². The first-order valence-electron chi connectivity index (χ1n) is 12.8. The van der Waals surface area contributed by atoms with Gasteiger partial charge in [-0.2, -0.15) is 5.26 Å². The maximum atomic E-state index is 13.1. The Bertz CT molecular complexity index is 1680. The van der Waals surface area contributed by atoms with Crippen LogP contribution in [0.1, 0.15) is 11.1 Å². The van der Waals surface area contributed by atoms with Crippen LogP contribution in [0.15, 0.2) is 114 Å². The number of hydrogen-bond acceptors (Lipinski definition) is 5. The van der Waals surface area contributed by atoms with Gasteiger partial charge in [-0.15, -0.1) is 0 Å².